The van der Waals surface area contributed by atoms with Crippen LogP contribution >= 0.6 is 0 Å². The zero-order valence-electron chi connectivity index (χ0n) is 20.6. The fourth-order valence-electron chi connectivity index (χ4n) is 4.80. The molecule has 1 saturated heterocycles. The monoisotopic (exact) mass is 491 g/mol. The van der Waals surface area contributed by atoms with E-state index < -0.39 is 10.0 Å². The third-order valence-corrected chi connectivity index (χ3v) is 7.69. The lowest BCUT2D eigenvalue weighted by Gasteiger charge is -2.40. The zero-order valence-corrected chi connectivity index (χ0v) is 21.4. The normalized spacial score (nSPS) is 14.8. The maximum absolute atomic E-state index is 13.2. The minimum absolute atomic E-state index is 0.109. The van der Waals surface area contributed by atoms with Crippen molar-refractivity contribution in [2.45, 2.75) is 19.9 Å². The molecule has 1 fully saturated rings. The second kappa shape index (κ2) is 10.6. The lowest BCUT2D eigenvalue weighted by molar-refractivity contribution is -0.131. The molecule has 0 N–H and O–H groups in total. The molecule has 1 heterocycles. The molecule has 0 radical (unpaired) electrons. The van der Waals surface area contributed by atoms with Crippen molar-refractivity contribution in [1.29, 1.82) is 0 Å². The van der Waals surface area contributed by atoms with E-state index in [-0.39, 0.29) is 18.5 Å². The number of benzene rings is 3. The van der Waals surface area contributed by atoms with Crippen LogP contribution in [0, 0.1) is 13.8 Å². The van der Waals surface area contributed by atoms with Crippen LogP contribution in [0.2, 0.25) is 0 Å². The predicted octanol–water partition coefficient (Wildman–Crippen LogP) is 4.00. The standard InChI is InChI=1S/C28H33N3O3S/c1-22-14-15-26(23(2)20-22)31(35(3,33)34)21-27(32)29-16-18-30(19-17-29)28(24-10-6-4-7-11-24)25-12-8-5-9-13-25/h4-15,20,28H,16-19,21H2,1-3H3. The first-order valence-electron chi connectivity index (χ1n) is 11.9. The quantitative estimate of drug-likeness (QED) is 0.501. The molecule has 0 atom stereocenters. The van der Waals surface area contributed by atoms with Crippen molar-refractivity contribution in [3.8, 4) is 0 Å². The number of aryl methyl sites for hydroxylation is 2. The van der Waals surface area contributed by atoms with Gasteiger partial charge in [0.2, 0.25) is 15.9 Å². The van der Waals surface area contributed by atoms with Gasteiger partial charge in [-0.05, 0) is 36.6 Å². The number of nitrogens with zero attached hydrogens (tertiary/aromatic N) is 3. The summed E-state index contributed by atoms with van der Waals surface area (Å²) >= 11 is 0. The van der Waals surface area contributed by atoms with Crippen molar-refractivity contribution in [3.05, 3.63) is 101 Å². The molecule has 1 amide bonds. The Morgan fingerprint density at radius 1 is 0.857 bits per heavy atom. The smallest absolute Gasteiger partial charge is 0.243 e. The lowest BCUT2D eigenvalue weighted by atomic mass is 9.96. The van der Waals surface area contributed by atoms with Crippen LogP contribution in [0.3, 0.4) is 0 Å². The van der Waals surface area contributed by atoms with E-state index in [0.717, 1.165) is 17.4 Å². The van der Waals surface area contributed by atoms with Crippen LogP contribution in [0.5, 0.6) is 0 Å². The predicted molar refractivity (Wildman–Crippen MR) is 141 cm³/mol. The molecule has 4 rings (SSSR count). The number of carbonyl (C=O) groups excluding carboxylic acids is 1. The number of carbonyl (C=O) groups is 1. The van der Waals surface area contributed by atoms with E-state index in [2.05, 4.69) is 53.4 Å². The van der Waals surface area contributed by atoms with E-state index in [0.29, 0.717) is 31.9 Å². The largest absolute Gasteiger partial charge is 0.339 e. The number of hydrogen-bond donors (Lipinski definition) is 0. The molecule has 3 aromatic carbocycles. The van der Waals surface area contributed by atoms with Crippen LogP contribution in [-0.4, -0.2) is 63.1 Å². The van der Waals surface area contributed by atoms with Gasteiger partial charge in [0.25, 0.3) is 0 Å². The average molecular weight is 492 g/mol. The van der Waals surface area contributed by atoms with Crippen LogP contribution in [-0.2, 0) is 14.8 Å². The number of rotatable bonds is 7. The Bertz CT molecular complexity index is 1220. The van der Waals surface area contributed by atoms with Crippen molar-refractivity contribution in [3.63, 3.8) is 0 Å². The highest BCUT2D eigenvalue weighted by Gasteiger charge is 2.30. The van der Waals surface area contributed by atoms with Crippen LogP contribution in [0.4, 0.5) is 5.69 Å². The van der Waals surface area contributed by atoms with Crippen LogP contribution in [0.25, 0.3) is 0 Å². The molecule has 3 aromatic rings. The van der Waals surface area contributed by atoms with Gasteiger partial charge in [0.1, 0.15) is 6.54 Å². The maximum atomic E-state index is 13.2. The highest BCUT2D eigenvalue weighted by Crippen LogP contribution is 2.30. The first kappa shape index (κ1) is 24.9. The van der Waals surface area contributed by atoms with Gasteiger partial charge in [0.15, 0.2) is 0 Å². The third kappa shape index (κ3) is 5.92. The molecule has 0 aliphatic carbocycles. The van der Waals surface area contributed by atoms with E-state index in [1.165, 1.54) is 15.4 Å². The Hall–Kier alpha value is -3.16. The average Bonchev–Trinajstić information content (AvgIpc) is 2.84. The van der Waals surface area contributed by atoms with Gasteiger partial charge in [-0.15, -0.1) is 0 Å². The summed E-state index contributed by atoms with van der Waals surface area (Å²) in [5.74, 6) is -0.175. The van der Waals surface area contributed by atoms with Gasteiger partial charge in [0, 0.05) is 26.2 Å². The molecule has 0 aromatic heterocycles. The molecule has 0 spiro atoms. The second-order valence-corrected chi connectivity index (χ2v) is 11.1. The van der Waals surface area contributed by atoms with E-state index in [9.17, 15) is 13.2 Å². The summed E-state index contributed by atoms with van der Waals surface area (Å²) in [6.45, 7) is 6.18. The van der Waals surface area contributed by atoms with Crippen molar-refractivity contribution < 1.29 is 13.2 Å². The first-order chi connectivity index (χ1) is 16.7. The van der Waals surface area contributed by atoms with Crippen LogP contribution < -0.4 is 4.31 Å². The number of sulfonamides is 1. The number of hydrogen-bond acceptors (Lipinski definition) is 4. The van der Waals surface area contributed by atoms with E-state index >= 15 is 0 Å². The molecule has 0 saturated carbocycles. The van der Waals surface area contributed by atoms with Gasteiger partial charge in [-0.25, -0.2) is 8.42 Å². The Morgan fingerprint density at radius 3 is 1.89 bits per heavy atom. The van der Waals surface area contributed by atoms with E-state index in [1.54, 1.807) is 11.0 Å². The molecular formula is C28H33N3O3S. The molecular weight excluding hydrogens is 458 g/mol. The number of piperazine rings is 1. The first-order valence-corrected chi connectivity index (χ1v) is 13.8. The van der Waals surface area contributed by atoms with Gasteiger partial charge < -0.3 is 4.90 Å². The van der Waals surface area contributed by atoms with Crippen molar-refractivity contribution in [2.24, 2.45) is 0 Å². The molecule has 1 aliphatic rings. The number of anilines is 1. The van der Waals surface area contributed by atoms with E-state index in [4.69, 9.17) is 0 Å². The van der Waals surface area contributed by atoms with Crippen molar-refractivity contribution in [2.75, 3.05) is 43.3 Å². The van der Waals surface area contributed by atoms with Gasteiger partial charge >= 0.3 is 0 Å². The summed E-state index contributed by atoms with van der Waals surface area (Å²) in [4.78, 5) is 17.4. The Kier molecular flexibility index (Phi) is 7.57. The van der Waals surface area contributed by atoms with Gasteiger partial charge in [-0.2, -0.15) is 0 Å². The molecule has 0 bridgehead atoms. The zero-order chi connectivity index (χ0) is 25.0. The van der Waals surface area contributed by atoms with Gasteiger partial charge in [-0.1, -0.05) is 78.4 Å². The Morgan fingerprint density at radius 2 is 1.40 bits per heavy atom. The molecule has 35 heavy (non-hydrogen) atoms. The summed E-state index contributed by atoms with van der Waals surface area (Å²) in [7, 11) is -3.61. The number of amides is 1. The highest BCUT2D eigenvalue weighted by molar-refractivity contribution is 7.92. The third-order valence-electron chi connectivity index (χ3n) is 6.56. The van der Waals surface area contributed by atoms with Gasteiger partial charge in [-0.3, -0.25) is 14.0 Å². The van der Waals surface area contributed by atoms with Crippen LogP contribution in [0.15, 0.2) is 78.9 Å². The van der Waals surface area contributed by atoms with Crippen LogP contribution in [0.1, 0.15) is 28.3 Å². The van der Waals surface area contributed by atoms with Gasteiger partial charge in [0.05, 0.1) is 18.0 Å². The summed E-state index contributed by atoms with van der Waals surface area (Å²) in [5, 5.41) is 0. The molecule has 6 nitrogen and oxygen atoms in total. The molecule has 0 unspecified atom stereocenters. The second-order valence-electron chi connectivity index (χ2n) is 9.20. The molecule has 1 aliphatic heterocycles. The molecule has 7 heteroatoms. The lowest BCUT2D eigenvalue weighted by Crippen LogP contribution is -2.52. The van der Waals surface area contributed by atoms with Crippen molar-refractivity contribution in [1.82, 2.24) is 9.80 Å². The Labute approximate surface area is 208 Å². The summed E-state index contributed by atoms with van der Waals surface area (Å²) in [5.41, 5.74) is 4.88. The topological polar surface area (TPSA) is 60.9 Å². The summed E-state index contributed by atoms with van der Waals surface area (Å²) in [6, 6.07) is 26.5. The fourth-order valence-corrected chi connectivity index (χ4v) is 5.71. The summed E-state index contributed by atoms with van der Waals surface area (Å²) in [6.07, 6.45) is 1.15. The SMILES string of the molecule is Cc1ccc(N(CC(=O)N2CCN(C(c3ccccc3)c3ccccc3)CC2)S(C)(=O)=O)c(C)c1. The van der Waals surface area contributed by atoms with Crippen molar-refractivity contribution >= 4 is 21.6 Å². The fraction of sp³-hybridized carbons (Fsp3) is 0.321. The highest BCUT2D eigenvalue weighted by atomic mass is 32.2. The Balaban J connectivity index is 1.48. The maximum Gasteiger partial charge on any atom is 0.243 e. The van der Waals surface area contributed by atoms with E-state index in [1.807, 2.05) is 38.1 Å². The molecule has 184 valence electrons. The summed E-state index contributed by atoms with van der Waals surface area (Å²) < 4.78 is 26.4. The minimum atomic E-state index is -3.61. The minimum Gasteiger partial charge on any atom is -0.339 e.